The van der Waals surface area contributed by atoms with E-state index in [1.807, 2.05) is 12.1 Å². The number of amides is 1. The normalized spacial score (nSPS) is 11.5. The van der Waals surface area contributed by atoms with E-state index in [2.05, 4.69) is 46.8 Å². The molecule has 0 aliphatic heterocycles. The molecule has 0 saturated carbocycles. The lowest BCUT2D eigenvalue weighted by Gasteiger charge is -2.11. The van der Waals surface area contributed by atoms with Crippen molar-refractivity contribution in [3.8, 4) is 6.07 Å². The van der Waals surface area contributed by atoms with Gasteiger partial charge in [-0.2, -0.15) is 5.26 Å². The quantitative estimate of drug-likeness (QED) is 0.563. The minimum absolute atomic E-state index is 0.188. The Morgan fingerprint density at radius 3 is 2.68 bits per heavy atom. The number of benzene rings is 2. The number of nitrogens with zero attached hydrogens (tertiary/aromatic N) is 3. The summed E-state index contributed by atoms with van der Waals surface area (Å²) >= 11 is 2.73. The van der Waals surface area contributed by atoms with Crippen molar-refractivity contribution in [2.75, 3.05) is 10.6 Å². The molecule has 1 heterocycles. The van der Waals surface area contributed by atoms with E-state index in [0.29, 0.717) is 20.7 Å². The van der Waals surface area contributed by atoms with Gasteiger partial charge in [-0.05, 0) is 50.1 Å². The summed E-state index contributed by atoms with van der Waals surface area (Å²) in [6, 6.07) is 15.1. The summed E-state index contributed by atoms with van der Waals surface area (Å²) < 4.78 is 0.698. The minimum atomic E-state index is -0.381. The number of carbonyl (C=O) groups is 1. The molecule has 3 rings (SSSR count). The van der Waals surface area contributed by atoms with Gasteiger partial charge < -0.3 is 10.6 Å². The fourth-order valence-corrected chi connectivity index (χ4v) is 4.35. The van der Waals surface area contributed by atoms with Gasteiger partial charge in [0.25, 0.3) is 0 Å². The maximum absolute atomic E-state index is 12.5. The van der Waals surface area contributed by atoms with E-state index >= 15 is 0 Å². The van der Waals surface area contributed by atoms with Gasteiger partial charge >= 0.3 is 0 Å². The zero-order valence-electron chi connectivity index (χ0n) is 15.7. The van der Waals surface area contributed by atoms with Crippen molar-refractivity contribution >= 4 is 45.5 Å². The maximum atomic E-state index is 12.5. The van der Waals surface area contributed by atoms with E-state index in [1.165, 1.54) is 28.7 Å². The Labute approximate surface area is 172 Å². The maximum Gasteiger partial charge on any atom is 0.237 e. The number of aromatic nitrogens is 2. The van der Waals surface area contributed by atoms with Crippen LogP contribution in [-0.4, -0.2) is 21.4 Å². The van der Waals surface area contributed by atoms with Crippen LogP contribution < -0.4 is 10.6 Å². The lowest BCUT2D eigenvalue weighted by molar-refractivity contribution is -0.115. The number of para-hydroxylation sites is 1. The van der Waals surface area contributed by atoms with Crippen molar-refractivity contribution < 1.29 is 4.79 Å². The molecule has 0 unspecified atom stereocenters. The highest BCUT2D eigenvalue weighted by Crippen LogP contribution is 2.32. The molecule has 28 heavy (non-hydrogen) atoms. The second-order valence-corrected chi connectivity index (χ2v) is 8.72. The Morgan fingerprint density at radius 2 is 1.89 bits per heavy atom. The SMILES string of the molecule is Cc1cccc(Nc2nnc(S[C@@H](C)C(=O)Nc3ccccc3C#N)s2)c1C. The highest BCUT2D eigenvalue weighted by molar-refractivity contribution is 8.02. The molecular weight excluding hydrogens is 390 g/mol. The summed E-state index contributed by atoms with van der Waals surface area (Å²) in [5.74, 6) is -0.188. The van der Waals surface area contributed by atoms with Crippen LogP contribution in [-0.2, 0) is 4.79 Å². The molecule has 1 atom stereocenters. The third-order valence-corrected chi connectivity index (χ3v) is 6.23. The van der Waals surface area contributed by atoms with Gasteiger partial charge in [0.05, 0.1) is 16.5 Å². The zero-order chi connectivity index (χ0) is 20.1. The Morgan fingerprint density at radius 1 is 1.14 bits per heavy atom. The lowest BCUT2D eigenvalue weighted by Crippen LogP contribution is -2.22. The first kappa shape index (κ1) is 19.9. The van der Waals surface area contributed by atoms with Gasteiger partial charge in [-0.1, -0.05) is 47.4 Å². The molecule has 2 N–H and O–H groups in total. The second kappa shape index (κ2) is 8.87. The van der Waals surface area contributed by atoms with Crippen LogP contribution in [0.1, 0.15) is 23.6 Å². The molecule has 1 amide bonds. The molecule has 8 heteroatoms. The highest BCUT2D eigenvalue weighted by atomic mass is 32.2. The first-order valence-corrected chi connectivity index (χ1v) is 10.3. The number of anilines is 3. The molecule has 0 bridgehead atoms. The summed E-state index contributed by atoms with van der Waals surface area (Å²) in [6.45, 7) is 5.92. The second-order valence-electron chi connectivity index (χ2n) is 6.15. The average molecular weight is 410 g/mol. The zero-order valence-corrected chi connectivity index (χ0v) is 17.3. The van der Waals surface area contributed by atoms with Crippen molar-refractivity contribution in [2.45, 2.75) is 30.4 Å². The van der Waals surface area contributed by atoms with Crippen LogP contribution in [0.2, 0.25) is 0 Å². The van der Waals surface area contributed by atoms with E-state index in [1.54, 1.807) is 31.2 Å². The first-order valence-electron chi connectivity index (χ1n) is 8.61. The monoisotopic (exact) mass is 409 g/mol. The fraction of sp³-hybridized carbons (Fsp3) is 0.200. The van der Waals surface area contributed by atoms with Gasteiger partial charge in [0.2, 0.25) is 11.0 Å². The summed E-state index contributed by atoms with van der Waals surface area (Å²) in [5, 5.41) is 23.9. The van der Waals surface area contributed by atoms with Crippen LogP contribution in [0.25, 0.3) is 0 Å². The Hall–Kier alpha value is -2.89. The van der Waals surface area contributed by atoms with Gasteiger partial charge in [-0.25, -0.2) is 0 Å². The average Bonchev–Trinajstić information content (AvgIpc) is 3.12. The van der Waals surface area contributed by atoms with Crippen molar-refractivity contribution in [1.82, 2.24) is 10.2 Å². The van der Waals surface area contributed by atoms with Gasteiger partial charge in [0.15, 0.2) is 4.34 Å². The number of nitriles is 1. The molecule has 0 saturated heterocycles. The van der Waals surface area contributed by atoms with Crippen molar-refractivity contribution in [3.05, 3.63) is 59.2 Å². The summed E-state index contributed by atoms with van der Waals surface area (Å²) in [5.41, 5.74) is 4.30. The van der Waals surface area contributed by atoms with Crippen LogP contribution in [0.4, 0.5) is 16.5 Å². The predicted octanol–water partition coefficient (Wildman–Crippen LogP) is 4.89. The van der Waals surface area contributed by atoms with E-state index in [9.17, 15) is 4.79 Å². The molecule has 0 fully saturated rings. The lowest BCUT2D eigenvalue weighted by atomic mass is 10.1. The third-order valence-electron chi connectivity index (χ3n) is 4.20. The summed E-state index contributed by atoms with van der Waals surface area (Å²) in [7, 11) is 0. The van der Waals surface area contributed by atoms with Crippen LogP contribution in [0, 0.1) is 25.2 Å². The number of nitrogens with one attached hydrogen (secondary N) is 2. The standard InChI is InChI=1S/C20H19N5OS2/c1-12-7-6-10-16(13(12)2)23-19-24-25-20(28-19)27-14(3)18(26)22-17-9-5-4-8-15(17)11-21/h4-10,14H,1-3H3,(H,22,26)(H,23,24)/t14-/m0/s1. The van der Waals surface area contributed by atoms with Crippen molar-refractivity contribution in [1.29, 1.82) is 5.26 Å². The van der Waals surface area contributed by atoms with Crippen LogP contribution in [0.15, 0.2) is 46.8 Å². The number of hydrogen-bond donors (Lipinski definition) is 2. The molecule has 6 nitrogen and oxygen atoms in total. The third kappa shape index (κ3) is 4.68. The van der Waals surface area contributed by atoms with Gasteiger partial charge in [0, 0.05) is 5.69 Å². The number of rotatable bonds is 6. The topological polar surface area (TPSA) is 90.7 Å². The largest absolute Gasteiger partial charge is 0.330 e. The predicted molar refractivity (Wildman–Crippen MR) is 114 cm³/mol. The number of carbonyl (C=O) groups excluding carboxylic acids is 1. The smallest absolute Gasteiger partial charge is 0.237 e. The van der Waals surface area contributed by atoms with Crippen LogP contribution >= 0.6 is 23.1 Å². The number of thioether (sulfide) groups is 1. The molecule has 0 aliphatic carbocycles. The Bertz CT molecular complexity index is 1040. The summed E-state index contributed by atoms with van der Waals surface area (Å²) in [4.78, 5) is 12.5. The summed E-state index contributed by atoms with van der Waals surface area (Å²) in [6.07, 6.45) is 0. The first-order chi connectivity index (χ1) is 13.5. The van der Waals surface area contributed by atoms with Gasteiger partial charge in [-0.3, -0.25) is 4.79 Å². The molecule has 1 aromatic heterocycles. The molecule has 3 aromatic rings. The van der Waals surface area contributed by atoms with E-state index in [-0.39, 0.29) is 11.2 Å². The molecule has 0 radical (unpaired) electrons. The van der Waals surface area contributed by atoms with Gasteiger partial charge in [-0.15, -0.1) is 10.2 Å². The van der Waals surface area contributed by atoms with Gasteiger partial charge in [0.1, 0.15) is 6.07 Å². The number of aryl methyl sites for hydroxylation is 1. The van der Waals surface area contributed by atoms with E-state index in [4.69, 9.17) is 5.26 Å². The molecule has 142 valence electrons. The number of hydrogen-bond acceptors (Lipinski definition) is 7. The minimum Gasteiger partial charge on any atom is -0.330 e. The van der Waals surface area contributed by atoms with Crippen molar-refractivity contribution in [3.63, 3.8) is 0 Å². The van der Waals surface area contributed by atoms with Crippen LogP contribution in [0.3, 0.4) is 0 Å². The van der Waals surface area contributed by atoms with E-state index < -0.39 is 0 Å². The molecule has 2 aromatic carbocycles. The van der Waals surface area contributed by atoms with Crippen LogP contribution in [0.5, 0.6) is 0 Å². The fourth-order valence-electron chi connectivity index (χ4n) is 2.44. The molecule has 0 aliphatic rings. The van der Waals surface area contributed by atoms with Crippen molar-refractivity contribution in [2.24, 2.45) is 0 Å². The Balaban J connectivity index is 1.63. The molecule has 0 spiro atoms. The molecular formula is C20H19N5OS2. The Kier molecular flexibility index (Phi) is 6.29. The highest BCUT2D eigenvalue weighted by Gasteiger charge is 2.18. The van der Waals surface area contributed by atoms with E-state index in [0.717, 1.165) is 11.3 Å².